The molecule has 4 aromatic carbocycles. The smallest absolute Gasteiger partial charge is 0.252 e. The average molecular weight is 894 g/mol. The molecule has 0 aliphatic heterocycles. The molecule has 0 saturated carbocycles. The van der Waals surface area contributed by atoms with Crippen molar-refractivity contribution in [2.24, 2.45) is 31.9 Å². The summed E-state index contributed by atoms with van der Waals surface area (Å²) in [5, 5.41) is 49.6. The molecule has 0 atom stereocenters. The highest BCUT2D eigenvalue weighted by atomic mass is 35.5. The minimum atomic E-state index is -0.787. The normalized spacial score (nSPS) is 11.8. The van der Waals surface area contributed by atoms with Crippen LogP contribution in [-0.2, 0) is 0 Å². The van der Waals surface area contributed by atoms with E-state index in [4.69, 9.17) is 39.4 Å². The predicted octanol–water partition coefficient (Wildman–Crippen LogP) is 9.60. The van der Waals surface area contributed by atoms with Crippen molar-refractivity contribution < 1.29 is 29.3 Å². The first-order valence-electron chi connectivity index (χ1n) is 19.0. The van der Waals surface area contributed by atoms with Gasteiger partial charge in [0.1, 0.15) is 22.8 Å². The second-order valence-corrected chi connectivity index (χ2v) is 15.2. The van der Waals surface area contributed by atoms with Crippen LogP contribution in [0.2, 0.25) is 10.0 Å². The number of methoxy groups -OCH3 is 1. The van der Waals surface area contributed by atoms with Gasteiger partial charge in [0, 0.05) is 26.7 Å². The van der Waals surface area contributed by atoms with Crippen molar-refractivity contribution >= 4 is 97.4 Å². The third kappa shape index (κ3) is 6.82. The molecule has 0 spiro atoms. The molecule has 0 unspecified atom stereocenters. The molecule has 0 saturated heterocycles. The van der Waals surface area contributed by atoms with Crippen LogP contribution in [0.15, 0.2) is 105 Å². The molecule has 0 fully saturated rings. The molecule has 2 amide bonds. The van der Waals surface area contributed by atoms with Gasteiger partial charge in [-0.2, -0.15) is 0 Å². The zero-order valence-corrected chi connectivity index (χ0v) is 35.1. The van der Waals surface area contributed by atoms with Crippen LogP contribution < -0.4 is 16.2 Å². The van der Waals surface area contributed by atoms with Crippen LogP contribution in [0.3, 0.4) is 0 Å². The first-order valence-corrected chi connectivity index (χ1v) is 19.7. The van der Waals surface area contributed by atoms with Gasteiger partial charge in [-0.05, 0) is 97.8 Å². The van der Waals surface area contributed by atoms with E-state index < -0.39 is 11.8 Å². The number of halogens is 2. The van der Waals surface area contributed by atoms with E-state index in [1.54, 1.807) is 98.8 Å². The number of hydrogen-bond donors (Lipinski definition) is 4. The average Bonchev–Trinajstić information content (AvgIpc) is 3.84. The molecule has 18 nitrogen and oxygen atoms in total. The van der Waals surface area contributed by atoms with Gasteiger partial charge in [0.15, 0.2) is 17.6 Å². The van der Waals surface area contributed by atoms with Gasteiger partial charge in [0.05, 0.1) is 57.4 Å². The fourth-order valence-electron chi connectivity index (χ4n) is 7.49. The fourth-order valence-corrected chi connectivity index (χ4v) is 7.82. The van der Waals surface area contributed by atoms with Crippen LogP contribution in [-0.4, -0.2) is 64.4 Å². The number of aldehydes is 1. The molecule has 0 radical (unpaired) electrons. The summed E-state index contributed by atoms with van der Waals surface area (Å²) in [5.41, 5.74) is 16.9. The number of rotatable bonds is 10. The molecule has 316 valence electrons. The van der Waals surface area contributed by atoms with Crippen molar-refractivity contribution in [2.45, 2.75) is 13.8 Å². The Labute approximate surface area is 370 Å². The topological polar surface area (TPSA) is 263 Å². The van der Waals surface area contributed by atoms with E-state index in [-0.39, 0.29) is 67.9 Å². The van der Waals surface area contributed by atoms with Crippen molar-refractivity contribution in [1.29, 1.82) is 0 Å². The lowest BCUT2D eigenvalue weighted by Gasteiger charge is -2.11. The third-order valence-corrected chi connectivity index (χ3v) is 11.1. The van der Waals surface area contributed by atoms with Gasteiger partial charge >= 0.3 is 0 Å². The third-order valence-electron chi connectivity index (χ3n) is 10.6. The number of aromatic hydroxyl groups is 2. The van der Waals surface area contributed by atoms with Gasteiger partial charge in [0.2, 0.25) is 11.8 Å². The summed E-state index contributed by atoms with van der Waals surface area (Å²) in [4.78, 5) is 46.5. The lowest BCUT2D eigenvalue weighted by molar-refractivity contribution is 0.0992. The van der Waals surface area contributed by atoms with Crippen molar-refractivity contribution in [3.8, 4) is 40.0 Å². The number of hydrogen-bond acceptors (Lipinski definition) is 14. The Hall–Kier alpha value is -8.35. The molecular formula is C44H30Cl2N12O6. The van der Waals surface area contributed by atoms with Crippen molar-refractivity contribution in [3.63, 3.8) is 0 Å². The molecule has 20 heteroatoms. The first kappa shape index (κ1) is 41.0. The first-order chi connectivity index (χ1) is 30.8. The van der Waals surface area contributed by atoms with Crippen LogP contribution in [0.1, 0.15) is 42.2 Å². The minimum absolute atomic E-state index is 0.00198. The number of benzene rings is 4. The highest BCUT2D eigenvalue weighted by Crippen LogP contribution is 2.42. The van der Waals surface area contributed by atoms with E-state index in [0.29, 0.717) is 72.3 Å². The zero-order valence-electron chi connectivity index (χ0n) is 33.6. The summed E-state index contributed by atoms with van der Waals surface area (Å²) >= 11 is 12.3. The number of pyridine rings is 2. The van der Waals surface area contributed by atoms with Gasteiger partial charge < -0.3 is 26.4 Å². The summed E-state index contributed by atoms with van der Waals surface area (Å²) in [6, 6.07) is 23.1. The van der Waals surface area contributed by atoms with Gasteiger partial charge in [0.25, 0.3) is 11.8 Å². The molecule has 0 aliphatic carbocycles. The van der Waals surface area contributed by atoms with Crippen LogP contribution in [0.5, 0.6) is 17.5 Å². The molecule has 9 rings (SSSR count). The van der Waals surface area contributed by atoms with Crippen LogP contribution in [0, 0.1) is 13.8 Å². The number of azo groups is 2. The largest absolute Gasteiger partial charge is 0.494 e. The molecule has 64 heavy (non-hydrogen) atoms. The number of nitrogens with two attached hydrogens (primary N) is 2. The van der Waals surface area contributed by atoms with Crippen LogP contribution in [0.4, 0.5) is 22.7 Å². The number of imidazole rings is 2. The van der Waals surface area contributed by atoms with Gasteiger partial charge in [-0.15, -0.1) is 30.7 Å². The maximum atomic E-state index is 12.6. The molecular weight excluding hydrogens is 863 g/mol. The molecule has 0 bridgehead atoms. The highest BCUT2D eigenvalue weighted by molar-refractivity contribution is 6.31. The Morgan fingerprint density at radius 1 is 0.656 bits per heavy atom. The Kier molecular flexibility index (Phi) is 10.2. The van der Waals surface area contributed by atoms with Gasteiger partial charge in [-0.1, -0.05) is 35.3 Å². The maximum absolute atomic E-state index is 12.6. The SMILES string of the molecule is COc1cc(-c2ccc(-c3ccc(N=Nc4c(C)c(C(N)=O)c5nc6cc(Cl)ccc6n5c4O)c(C=O)c3)nn2)ccc1N=Nc1c(C)c(C(N)=O)c2nc3cc(Cl)ccc3n2c1O. The van der Waals surface area contributed by atoms with Crippen molar-refractivity contribution in [3.05, 3.63) is 123 Å². The molecule has 9 aromatic rings. The van der Waals surface area contributed by atoms with Crippen molar-refractivity contribution in [2.75, 3.05) is 7.11 Å². The van der Waals surface area contributed by atoms with E-state index in [1.165, 1.54) is 15.9 Å². The Morgan fingerprint density at radius 2 is 1.12 bits per heavy atom. The second kappa shape index (κ2) is 15.8. The van der Waals surface area contributed by atoms with Gasteiger partial charge in [-0.25, -0.2) is 9.97 Å². The van der Waals surface area contributed by atoms with Crippen molar-refractivity contribution in [1.82, 2.24) is 29.0 Å². The summed E-state index contributed by atoms with van der Waals surface area (Å²) < 4.78 is 8.34. The number of carbonyl (C=O) groups is 3. The quantitative estimate of drug-likeness (QED) is 0.0746. The second-order valence-electron chi connectivity index (χ2n) is 14.4. The molecule has 6 N–H and O–H groups in total. The predicted molar refractivity (Wildman–Crippen MR) is 238 cm³/mol. The molecule has 5 aromatic heterocycles. The zero-order chi connectivity index (χ0) is 45.1. The number of nitrogens with zero attached hydrogens (tertiary/aromatic N) is 10. The molecule has 5 heterocycles. The lowest BCUT2D eigenvalue weighted by atomic mass is 10.1. The van der Waals surface area contributed by atoms with E-state index in [2.05, 4.69) is 40.6 Å². The number of primary amides is 2. The lowest BCUT2D eigenvalue weighted by Crippen LogP contribution is -2.15. The summed E-state index contributed by atoms with van der Waals surface area (Å²) in [5.74, 6) is -1.89. The number of amides is 2. The number of carbonyl (C=O) groups excluding carboxylic acids is 3. The summed E-state index contributed by atoms with van der Waals surface area (Å²) in [7, 11) is 1.46. The standard InChI is InChI=1S/C44H30Cl2N12O6/c1-19-35(39(47)60)41-49-30-16-24(45)6-12-32(30)57(41)43(62)37(19)55-53-28-8-4-21(14-23(28)18-59)26-10-11-27(52-51-26)22-5-9-29(34(15-22)64-3)54-56-38-20(2)36(40(48)61)42-50-31-17-25(46)7-13-33(31)58(42)44(38)63/h4-18,62-63H,1-3H3,(H2,47,60)(H2,48,61). The Morgan fingerprint density at radius 3 is 1.58 bits per heavy atom. The Balaban J connectivity index is 0.990. The Bertz CT molecular complexity index is 3550. The van der Waals surface area contributed by atoms with Crippen LogP contribution in [0.25, 0.3) is 55.9 Å². The van der Waals surface area contributed by atoms with Crippen LogP contribution >= 0.6 is 23.2 Å². The fraction of sp³-hybridized carbons (Fsp3) is 0.0682. The van der Waals surface area contributed by atoms with E-state index >= 15 is 0 Å². The molecule has 0 aliphatic rings. The van der Waals surface area contributed by atoms with E-state index in [9.17, 15) is 24.6 Å². The summed E-state index contributed by atoms with van der Waals surface area (Å²) in [6.07, 6.45) is 0.608. The van der Waals surface area contributed by atoms with E-state index in [1.807, 2.05) is 0 Å². The van der Waals surface area contributed by atoms with Gasteiger partial charge in [-0.3, -0.25) is 23.2 Å². The monoisotopic (exact) mass is 892 g/mol. The highest BCUT2D eigenvalue weighted by Gasteiger charge is 2.25. The number of ether oxygens (including phenoxy) is 1. The maximum Gasteiger partial charge on any atom is 0.252 e. The summed E-state index contributed by atoms with van der Waals surface area (Å²) in [6.45, 7) is 3.14. The minimum Gasteiger partial charge on any atom is -0.494 e. The number of aromatic nitrogens is 6. The number of fused-ring (bicyclic) bond motifs is 6. The van der Waals surface area contributed by atoms with E-state index in [0.717, 1.165) is 0 Å².